The van der Waals surface area contributed by atoms with Gasteiger partial charge in [-0.15, -0.1) is 0 Å². The first kappa shape index (κ1) is 24.1. The lowest BCUT2D eigenvalue weighted by Gasteiger charge is -2.46. The van der Waals surface area contributed by atoms with Crippen molar-refractivity contribution in [3.63, 3.8) is 0 Å². The van der Waals surface area contributed by atoms with Gasteiger partial charge >= 0.3 is 0 Å². The molecule has 0 aromatic heterocycles. The summed E-state index contributed by atoms with van der Waals surface area (Å²) < 4.78 is 0. The van der Waals surface area contributed by atoms with E-state index in [1.54, 1.807) is 64.2 Å². The van der Waals surface area contributed by atoms with Crippen molar-refractivity contribution in [2.24, 2.45) is 65.1 Å². The Labute approximate surface area is 196 Å². The molecule has 0 heteroatoms. The highest BCUT2D eigenvalue weighted by molar-refractivity contribution is 4.91. The van der Waals surface area contributed by atoms with Gasteiger partial charge in [-0.05, 0) is 129 Å². The normalized spacial score (nSPS) is 43.2. The van der Waals surface area contributed by atoms with Crippen LogP contribution in [0.15, 0.2) is 0 Å². The van der Waals surface area contributed by atoms with E-state index < -0.39 is 0 Å². The van der Waals surface area contributed by atoms with Crippen LogP contribution in [0.1, 0.15) is 131 Å². The molecule has 0 nitrogen and oxygen atoms in total. The Balaban J connectivity index is 1.29. The summed E-state index contributed by atoms with van der Waals surface area (Å²) >= 11 is 0. The molecular weight excluding hydrogens is 372 g/mol. The summed E-state index contributed by atoms with van der Waals surface area (Å²) in [7, 11) is 0. The standard InChI is InChI=1S/C31H56/c1-6-30(29-16-15-28(17-21(2)3)23(5)18-29)31-20-25(8-7-22(31)4)19-24-9-11-26(12-10-24)27-13-14-27/h21-31H,6-20H2,1-5H3. The molecule has 0 saturated heterocycles. The first-order valence-corrected chi connectivity index (χ1v) is 14.9. The van der Waals surface area contributed by atoms with Gasteiger partial charge in [-0.2, -0.15) is 0 Å². The van der Waals surface area contributed by atoms with Crippen LogP contribution in [0, 0.1) is 65.1 Å². The van der Waals surface area contributed by atoms with Crippen LogP contribution in [0.3, 0.4) is 0 Å². The lowest BCUT2D eigenvalue weighted by molar-refractivity contribution is 0.0411. The summed E-state index contributed by atoms with van der Waals surface area (Å²) in [6.45, 7) is 12.6. The van der Waals surface area contributed by atoms with E-state index in [0.29, 0.717) is 0 Å². The van der Waals surface area contributed by atoms with E-state index >= 15 is 0 Å². The zero-order valence-corrected chi connectivity index (χ0v) is 22.0. The van der Waals surface area contributed by atoms with Crippen LogP contribution in [0.4, 0.5) is 0 Å². The van der Waals surface area contributed by atoms with Gasteiger partial charge in [0.15, 0.2) is 0 Å². The smallest absolute Gasteiger partial charge is 0.0355 e. The molecule has 0 heterocycles. The van der Waals surface area contributed by atoms with Gasteiger partial charge < -0.3 is 0 Å². The fraction of sp³-hybridized carbons (Fsp3) is 1.00. The van der Waals surface area contributed by atoms with Crippen LogP contribution in [0.5, 0.6) is 0 Å². The summed E-state index contributed by atoms with van der Waals surface area (Å²) in [6.07, 6.45) is 23.2. The second-order valence-electron chi connectivity index (χ2n) is 13.7. The largest absolute Gasteiger partial charge is 0.0651 e. The van der Waals surface area contributed by atoms with Gasteiger partial charge in [-0.1, -0.05) is 66.7 Å². The second kappa shape index (κ2) is 11.0. The van der Waals surface area contributed by atoms with E-state index in [-0.39, 0.29) is 0 Å². The van der Waals surface area contributed by atoms with Crippen LogP contribution in [-0.2, 0) is 0 Å². The molecule has 7 unspecified atom stereocenters. The van der Waals surface area contributed by atoms with Gasteiger partial charge in [0.25, 0.3) is 0 Å². The molecule has 0 bridgehead atoms. The highest BCUT2D eigenvalue weighted by atomic mass is 14.5. The van der Waals surface area contributed by atoms with Crippen molar-refractivity contribution in [3.8, 4) is 0 Å². The minimum absolute atomic E-state index is 0.879. The van der Waals surface area contributed by atoms with Crippen LogP contribution < -0.4 is 0 Å². The molecule has 31 heavy (non-hydrogen) atoms. The lowest BCUT2D eigenvalue weighted by Crippen LogP contribution is -2.37. The topological polar surface area (TPSA) is 0 Å². The Morgan fingerprint density at radius 1 is 0.677 bits per heavy atom. The van der Waals surface area contributed by atoms with E-state index in [0.717, 1.165) is 65.1 Å². The first-order valence-electron chi connectivity index (χ1n) is 14.9. The molecule has 4 aliphatic rings. The van der Waals surface area contributed by atoms with Crippen LogP contribution >= 0.6 is 0 Å². The van der Waals surface area contributed by atoms with E-state index in [1.165, 1.54) is 32.1 Å². The zero-order chi connectivity index (χ0) is 22.0. The van der Waals surface area contributed by atoms with E-state index in [9.17, 15) is 0 Å². The van der Waals surface area contributed by atoms with Crippen molar-refractivity contribution in [1.29, 1.82) is 0 Å². The molecule has 0 aromatic carbocycles. The fourth-order valence-electron chi connectivity index (χ4n) is 9.02. The predicted molar refractivity (Wildman–Crippen MR) is 136 cm³/mol. The Kier molecular flexibility index (Phi) is 8.53. The maximum Gasteiger partial charge on any atom is -0.0355 e. The summed E-state index contributed by atoms with van der Waals surface area (Å²) in [5.74, 6) is 11.4. The lowest BCUT2D eigenvalue weighted by atomic mass is 9.59. The molecule has 4 aliphatic carbocycles. The van der Waals surface area contributed by atoms with Crippen molar-refractivity contribution >= 4 is 0 Å². The van der Waals surface area contributed by atoms with Gasteiger partial charge in [0, 0.05) is 0 Å². The van der Waals surface area contributed by atoms with Crippen molar-refractivity contribution in [2.45, 2.75) is 131 Å². The monoisotopic (exact) mass is 428 g/mol. The van der Waals surface area contributed by atoms with E-state index in [2.05, 4.69) is 34.6 Å². The van der Waals surface area contributed by atoms with Crippen LogP contribution in [0.2, 0.25) is 0 Å². The third-order valence-electron chi connectivity index (χ3n) is 11.0. The average molecular weight is 429 g/mol. The van der Waals surface area contributed by atoms with Crippen molar-refractivity contribution in [1.82, 2.24) is 0 Å². The van der Waals surface area contributed by atoms with Gasteiger partial charge in [0.05, 0.1) is 0 Å². The van der Waals surface area contributed by atoms with Crippen LogP contribution in [-0.4, -0.2) is 0 Å². The maximum atomic E-state index is 2.62. The third-order valence-corrected chi connectivity index (χ3v) is 11.0. The Hall–Kier alpha value is 0. The molecule has 180 valence electrons. The van der Waals surface area contributed by atoms with Gasteiger partial charge in [-0.3, -0.25) is 0 Å². The maximum absolute atomic E-state index is 2.62. The summed E-state index contributed by atoms with van der Waals surface area (Å²) in [5.41, 5.74) is 0. The predicted octanol–water partition coefficient (Wildman–Crippen LogP) is 9.77. The molecular formula is C31H56. The van der Waals surface area contributed by atoms with Crippen LogP contribution in [0.25, 0.3) is 0 Å². The molecule has 7 atom stereocenters. The van der Waals surface area contributed by atoms with Crippen molar-refractivity contribution in [3.05, 3.63) is 0 Å². The van der Waals surface area contributed by atoms with Crippen molar-refractivity contribution in [2.75, 3.05) is 0 Å². The quantitative estimate of drug-likeness (QED) is 0.361. The number of hydrogen-bond donors (Lipinski definition) is 0. The Bertz CT molecular complexity index is 522. The Morgan fingerprint density at radius 3 is 1.90 bits per heavy atom. The van der Waals surface area contributed by atoms with Crippen molar-refractivity contribution < 1.29 is 0 Å². The molecule has 4 rings (SSSR count). The molecule has 0 N–H and O–H groups in total. The molecule has 0 aliphatic heterocycles. The second-order valence-corrected chi connectivity index (χ2v) is 13.7. The summed E-state index contributed by atoms with van der Waals surface area (Å²) in [6, 6.07) is 0. The molecule has 0 aromatic rings. The molecule has 0 spiro atoms. The molecule has 4 saturated carbocycles. The molecule has 4 fully saturated rings. The summed E-state index contributed by atoms with van der Waals surface area (Å²) in [4.78, 5) is 0. The SMILES string of the molecule is CCC(C1CCC(CC(C)C)C(C)C1)C1CC(CC2CCC(C3CC3)CC2)CCC1C. The third kappa shape index (κ3) is 6.32. The number of hydrogen-bond acceptors (Lipinski definition) is 0. The zero-order valence-electron chi connectivity index (χ0n) is 22.0. The molecule has 0 radical (unpaired) electrons. The van der Waals surface area contributed by atoms with Gasteiger partial charge in [0.1, 0.15) is 0 Å². The highest BCUT2D eigenvalue weighted by Gasteiger charge is 2.40. The molecule has 0 amide bonds. The van der Waals surface area contributed by atoms with E-state index in [1.807, 2.05) is 0 Å². The van der Waals surface area contributed by atoms with Gasteiger partial charge in [0.2, 0.25) is 0 Å². The highest BCUT2D eigenvalue weighted by Crippen LogP contribution is 2.51. The van der Waals surface area contributed by atoms with Gasteiger partial charge in [-0.25, -0.2) is 0 Å². The Morgan fingerprint density at radius 2 is 1.32 bits per heavy atom. The number of rotatable bonds is 8. The minimum Gasteiger partial charge on any atom is -0.0651 e. The first-order chi connectivity index (χ1) is 14.9. The fourth-order valence-corrected chi connectivity index (χ4v) is 9.02. The minimum atomic E-state index is 0.879. The summed E-state index contributed by atoms with van der Waals surface area (Å²) in [5, 5.41) is 0. The van der Waals surface area contributed by atoms with E-state index in [4.69, 9.17) is 0 Å². The average Bonchev–Trinajstić information content (AvgIpc) is 3.58.